The van der Waals surface area contributed by atoms with Crippen molar-refractivity contribution in [3.8, 4) is 0 Å². The van der Waals surface area contributed by atoms with E-state index in [1.165, 1.54) is 44.2 Å². The van der Waals surface area contributed by atoms with Crippen LogP contribution < -0.4 is 10.2 Å². The van der Waals surface area contributed by atoms with Gasteiger partial charge in [0.1, 0.15) is 0 Å². The minimum absolute atomic E-state index is 0.0723. The van der Waals surface area contributed by atoms with Gasteiger partial charge in [0.2, 0.25) is 5.91 Å². The van der Waals surface area contributed by atoms with Crippen LogP contribution in [0.25, 0.3) is 0 Å². The van der Waals surface area contributed by atoms with E-state index >= 15 is 0 Å². The molecule has 1 heterocycles. The number of carbonyl (C=O) groups excluding carboxylic acids is 1. The van der Waals surface area contributed by atoms with Gasteiger partial charge in [0.05, 0.1) is 18.8 Å². The third kappa shape index (κ3) is 5.94. The Morgan fingerprint density at radius 3 is 2.26 bits per heavy atom. The van der Waals surface area contributed by atoms with E-state index in [1.54, 1.807) is 0 Å². The molecule has 1 N–H and O–H groups in total. The molecule has 1 amide bonds. The van der Waals surface area contributed by atoms with E-state index in [1.807, 2.05) is 12.1 Å². The summed E-state index contributed by atoms with van der Waals surface area (Å²) in [5.41, 5.74) is 2.05. The highest BCUT2D eigenvalue weighted by molar-refractivity contribution is 5.92. The summed E-state index contributed by atoms with van der Waals surface area (Å²) in [6, 6.07) is 8.74. The van der Waals surface area contributed by atoms with Crippen molar-refractivity contribution in [2.45, 2.75) is 70.6 Å². The Morgan fingerprint density at radius 1 is 1.07 bits per heavy atom. The molecule has 27 heavy (non-hydrogen) atoms. The van der Waals surface area contributed by atoms with E-state index in [0.29, 0.717) is 12.6 Å². The van der Waals surface area contributed by atoms with E-state index in [0.717, 1.165) is 18.8 Å². The summed E-state index contributed by atoms with van der Waals surface area (Å²) in [5, 5.41) is 3.05. The van der Waals surface area contributed by atoms with Gasteiger partial charge in [0.15, 0.2) is 0 Å². The fraction of sp³-hybridized carbons (Fsp3) is 0.682. The SMILES string of the molecule is CC1CN(c2ccc(NC(=O)CN(C)C3CCCCCC3)cc2)CC(C)O1. The summed E-state index contributed by atoms with van der Waals surface area (Å²) >= 11 is 0. The van der Waals surface area contributed by atoms with Crippen molar-refractivity contribution in [1.29, 1.82) is 0 Å². The van der Waals surface area contributed by atoms with Gasteiger partial charge in [-0.05, 0) is 58.0 Å². The molecule has 0 spiro atoms. The Balaban J connectivity index is 1.50. The van der Waals surface area contributed by atoms with Gasteiger partial charge in [-0.1, -0.05) is 25.7 Å². The number of hydrogen-bond acceptors (Lipinski definition) is 4. The Labute approximate surface area is 164 Å². The van der Waals surface area contributed by atoms with Crippen molar-refractivity contribution in [2.24, 2.45) is 0 Å². The molecule has 0 aromatic heterocycles. The van der Waals surface area contributed by atoms with Gasteiger partial charge in [-0.25, -0.2) is 0 Å². The molecule has 1 saturated heterocycles. The van der Waals surface area contributed by atoms with Crippen LogP contribution in [0, 0.1) is 0 Å². The summed E-state index contributed by atoms with van der Waals surface area (Å²) < 4.78 is 5.81. The van der Waals surface area contributed by atoms with Crippen LogP contribution in [0.1, 0.15) is 52.4 Å². The van der Waals surface area contributed by atoms with Crippen LogP contribution >= 0.6 is 0 Å². The van der Waals surface area contributed by atoms with Crippen molar-refractivity contribution in [2.75, 3.05) is 36.9 Å². The summed E-state index contributed by atoms with van der Waals surface area (Å²) in [6.07, 6.45) is 8.17. The standard InChI is InChI=1S/C22H35N3O2/c1-17-14-25(15-18(2)27-17)21-12-10-19(11-13-21)23-22(26)16-24(3)20-8-6-4-5-7-9-20/h10-13,17-18,20H,4-9,14-16H2,1-3H3,(H,23,26). The highest BCUT2D eigenvalue weighted by atomic mass is 16.5. The smallest absolute Gasteiger partial charge is 0.238 e. The average Bonchev–Trinajstić information content (AvgIpc) is 2.91. The predicted octanol–water partition coefficient (Wildman–Crippen LogP) is 3.89. The maximum atomic E-state index is 12.4. The molecule has 5 nitrogen and oxygen atoms in total. The number of benzene rings is 1. The lowest BCUT2D eigenvalue weighted by Crippen LogP contribution is -2.45. The highest BCUT2D eigenvalue weighted by Gasteiger charge is 2.22. The summed E-state index contributed by atoms with van der Waals surface area (Å²) in [5.74, 6) is 0.0723. The monoisotopic (exact) mass is 373 g/mol. The van der Waals surface area contributed by atoms with Crippen LogP contribution in [0.3, 0.4) is 0 Å². The van der Waals surface area contributed by atoms with Gasteiger partial charge in [0, 0.05) is 30.5 Å². The van der Waals surface area contributed by atoms with E-state index < -0.39 is 0 Å². The van der Waals surface area contributed by atoms with Crippen molar-refractivity contribution < 1.29 is 9.53 Å². The van der Waals surface area contributed by atoms with E-state index in [-0.39, 0.29) is 18.1 Å². The molecule has 1 aromatic rings. The van der Waals surface area contributed by atoms with Gasteiger partial charge >= 0.3 is 0 Å². The van der Waals surface area contributed by atoms with Crippen molar-refractivity contribution in [3.05, 3.63) is 24.3 Å². The highest BCUT2D eigenvalue weighted by Crippen LogP contribution is 2.23. The van der Waals surface area contributed by atoms with E-state index in [2.05, 4.69) is 48.1 Å². The maximum absolute atomic E-state index is 12.4. The zero-order valence-electron chi connectivity index (χ0n) is 17.1. The Kier molecular flexibility index (Phi) is 7.13. The molecule has 150 valence electrons. The normalized spacial score (nSPS) is 24.7. The molecule has 1 aliphatic carbocycles. The molecular formula is C22H35N3O2. The molecule has 0 bridgehead atoms. The molecule has 3 rings (SSSR count). The number of hydrogen-bond donors (Lipinski definition) is 1. The minimum Gasteiger partial charge on any atom is -0.372 e. The second kappa shape index (κ2) is 9.56. The van der Waals surface area contributed by atoms with Gasteiger partial charge in [0.25, 0.3) is 0 Å². The van der Waals surface area contributed by atoms with Gasteiger partial charge < -0.3 is 15.0 Å². The first-order valence-corrected chi connectivity index (χ1v) is 10.5. The third-order valence-electron chi connectivity index (χ3n) is 5.78. The van der Waals surface area contributed by atoms with Crippen LogP contribution in [0.5, 0.6) is 0 Å². The van der Waals surface area contributed by atoms with E-state index in [4.69, 9.17) is 4.74 Å². The molecule has 2 atom stereocenters. The number of ether oxygens (including phenoxy) is 1. The van der Waals surface area contributed by atoms with Crippen molar-refractivity contribution in [3.63, 3.8) is 0 Å². The average molecular weight is 374 g/mol. The van der Waals surface area contributed by atoms with Crippen molar-refractivity contribution in [1.82, 2.24) is 4.90 Å². The lowest BCUT2D eigenvalue weighted by Gasteiger charge is -2.36. The second-order valence-electron chi connectivity index (χ2n) is 8.32. The molecule has 1 saturated carbocycles. The summed E-state index contributed by atoms with van der Waals surface area (Å²) in [6.45, 7) is 6.50. The van der Waals surface area contributed by atoms with Crippen LogP contribution in [0.15, 0.2) is 24.3 Å². The first-order valence-electron chi connectivity index (χ1n) is 10.5. The molecule has 0 radical (unpaired) electrons. The van der Waals surface area contributed by atoms with Gasteiger partial charge in [-0.2, -0.15) is 0 Å². The number of anilines is 2. The Hall–Kier alpha value is -1.59. The van der Waals surface area contributed by atoms with Crippen LogP contribution in [0.2, 0.25) is 0 Å². The number of carbonyl (C=O) groups is 1. The second-order valence-corrected chi connectivity index (χ2v) is 8.32. The molecule has 2 unspecified atom stereocenters. The largest absolute Gasteiger partial charge is 0.372 e. The Morgan fingerprint density at radius 2 is 1.67 bits per heavy atom. The first-order chi connectivity index (χ1) is 13.0. The fourth-order valence-corrected chi connectivity index (χ4v) is 4.40. The number of nitrogens with zero attached hydrogens (tertiary/aromatic N) is 2. The zero-order valence-corrected chi connectivity index (χ0v) is 17.1. The molecule has 1 aliphatic heterocycles. The number of nitrogens with one attached hydrogen (secondary N) is 1. The first kappa shape index (κ1) is 20.2. The number of likely N-dealkylation sites (N-methyl/N-ethyl adjacent to an activating group) is 1. The summed E-state index contributed by atoms with van der Waals surface area (Å²) in [7, 11) is 2.08. The molecule has 2 fully saturated rings. The molecule has 5 heteroatoms. The fourth-order valence-electron chi connectivity index (χ4n) is 4.40. The number of amides is 1. The topological polar surface area (TPSA) is 44.8 Å². The van der Waals surface area contributed by atoms with Gasteiger partial charge in [-0.3, -0.25) is 9.69 Å². The lowest BCUT2D eigenvalue weighted by molar-refractivity contribution is -0.117. The molecule has 1 aromatic carbocycles. The molecule has 2 aliphatic rings. The van der Waals surface area contributed by atoms with Crippen LogP contribution in [0.4, 0.5) is 11.4 Å². The zero-order chi connectivity index (χ0) is 19.2. The number of rotatable bonds is 5. The van der Waals surface area contributed by atoms with Crippen LogP contribution in [-0.4, -0.2) is 55.7 Å². The molecular weight excluding hydrogens is 338 g/mol. The quantitative estimate of drug-likeness (QED) is 0.795. The lowest BCUT2D eigenvalue weighted by atomic mass is 10.1. The minimum atomic E-state index is 0.0723. The van der Waals surface area contributed by atoms with Gasteiger partial charge in [-0.15, -0.1) is 0 Å². The third-order valence-corrected chi connectivity index (χ3v) is 5.78. The van der Waals surface area contributed by atoms with Crippen LogP contribution in [-0.2, 0) is 9.53 Å². The van der Waals surface area contributed by atoms with E-state index in [9.17, 15) is 4.79 Å². The predicted molar refractivity (Wildman–Crippen MR) is 111 cm³/mol. The Bertz CT molecular complexity index is 586. The van der Waals surface area contributed by atoms with Crippen molar-refractivity contribution >= 4 is 17.3 Å². The maximum Gasteiger partial charge on any atom is 0.238 e. The summed E-state index contributed by atoms with van der Waals surface area (Å²) in [4.78, 5) is 17.0. The number of morpholine rings is 1.